The molecule has 34 heavy (non-hydrogen) atoms. The first-order chi connectivity index (χ1) is 16.6. The molecule has 0 radical (unpaired) electrons. The number of fused-ring (bicyclic) bond motifs is 1. The van der Waals surface area contributed by atoms with Gasteiger partial charge in [-0.25, -0.2) is 4.98 Å². The fourth-order valence-corrected chi connectivity index (χ4v) is 5.19. The zero-order valence-corrected chi connectivity index (χ0v) is 20.4. The maximum Gasteiger partial charge on any atom is 0.236 e. The van der Waals surface area contributed by atoms with Gasteiger partial charge in [0.25, 0.3) is 0 Å². The molecule has 1 aliphatic rings. The van der Waals surface area contributed by atoms with Crippen LogP contribution in [0.25, 0.3) is 22.6 Å². The molecule has 0 aliphatic carbocycles. The summed E-state index contributed by atoms with van der Waals surface area (Å²) < 4.78 is 13.3. The number of thiazole rings is 1. The van der Waals surface area contributed by atoms with Crippen LogP contribution in [0.15, 0.2) is 53.0 Å². The smallest absolute Gasteiger partial charge is 0.236 e. The molecule has 1 aliphatic heterocycles. The van der Waals surface area contributed by atoms with E-state index < -0.39 is 0 Å². The van der Waals surface area contributed by atoms with E-state index in [1.807, 2.05) is 53.3 Å². The number of anilines is 1. The quantitative estimate of drug-likeness (QED) is 0.366. The molecule has 0 atom stereocenters. The van der Waals surface area contributed by atoms with E-state index in [1.54, 1.807) is 0 Å². The van der Waals surface area contributed by atoms with Crippen LogP contribution in [0, 0.1) is 6.92 Å². The maximum absolute atomic E-state index is 12.6. The van der Waals surface area contributed by atoms with E-state index >= 15 is 0 Å². The van der Waals surface area contributed by atoms with E-state index in [4.69, 9.17) is 9.47 Å². The number of rotatable bonds is 7. The van der Waals surface area contributed by atoms with Gasteiger partial charge in [0.15, 0.2) is 27.6 Å². The number of amides is 1. The Kier molecular flexibility index (Phi) is 6.50. The minimum absolute atomic E-state index is 0.142. The molecule has 174 valence electrons. The van der Waals surface area contributed by atoms with Crippen LogP contribution in [0.4, 0.5) is 5.13 Å². The molecule has 10 heteroatoms. The SMILES string of the molecule is CCn1c(SCC(=O)Nc2nc(-c3ccc4c(c3)OCCO4)cs2)nnc1-c1ccccc1C. The van der Waals surface area contributed by atoms with Crippen LogP contribution in [0.1, 0.15) is 12.5 Å². The second kappa shape index (κ2) is 9.86. The normalized spacial score (nSPS) is 12.5. The van der Waals surface area contributed by atoms with Crippen molar-refractivity contribution in [1.29, 1.82) is 0 Å². The van der Waals surface area contributed by atoms with E-state index in [-0.39, 0.29) is 11.7 Å². The largest absolute Gasteiger partial charge is 0.486 e. The average molecular weight is 494 g/mol. The molecule has 0 saturated heterocycles. The first-order valence-corrected chi connectivity index (χ1v) is 12.8. The third kappa shape index (κ3) is 4.64. The lowest BCUT2D eigenvalue weighted by Gasteiger charge is -2.18. The molecule has 4 aromatic rings. The summed E-state index contributed by atoms with van der Waals surface area (Å²) in [4.78, 5) is 17.2. The van der Waals surface area contributed by atoms with Gasteiger partial charge in [-0.1, -0.05) is 36.0 Å². The minimum atomic E-state index is -0.142. The van der Waals surface area contributed by atoms with Gasteiger partial charge in [0.1, 0.15) is 13.2 Å². The van der Waals surface area contributed by atoms with E-state index in [0.29, 0.717) is 35.8 Å². The molecule has 8 nitrogen and oxygen atoms in total. The summed E-state index contributed by atoms with van der Waals surface area (Å²) in [6.45, 7) is 5.90. The van der Waals surface area contributed by atoms with Crippen LogP contribution < -0.4 is 14.8 Å². The van der Waals surface area contributed by atoms with Gasteiger partial charge in [-0.2, -0.15) is 0 Å². The molecular formula is C24H23N5O3S2. The van der Waals surface area contributed by atoms with Crippen LogP contribution in [-0.4, -0.2) is 44.6 Å². The highest BCUT2D eigenvalue weighted by molar-refractivity contribution is 7.99. The lowest BCUT2D eigenvalue weighted by molar-refractivity contribution is -0.113. The van der Waals surface area contributed by atoms with Gasteiger partial charge in [0.2, 0.25) is 5.91 Å². The first-order valence-electron chi connectivity index (χ1n) is 10.9. The molecule has 3 heterocycles. The fourth-order valence-electron chi connectivity index (χ4n) is 3.66. The highest BCUT2D eigenvalue weighted by atomic mass is 32.2. The Bertz CT molecular complexity index is 1330. The molecule has 0 spiro atoms. The number of nitrogens with zero attached hydrogens (tertiary/aromatic N) is 4. The van der Waals surface area contributed by atoms with Crippen molar-refractivity contribution in [3.8, 4) is 34.1 Å². The van der Waals surface area contributed by atoms with Crippen molar-refractivity contribution >= 4 is 34.1 Å². The number of ether oxygens (including phenoxy) is 2. The van der Waals surface area contributed by atoms with Crippen molar-refractivity contribution in [2.45, 2.75) is 25.5 Å². The number of aromatic nitrogens is 4. The molecule has 1 N–H and O–H groups in total. The van der Waals surface area contributed by atoms with Gasteiger partial charge in [-0.3, -0.25) is 4.79 Å². The number of benzene rings is 2. The molecular weight excluding hydrogens is 470 g/mol. The Balaban J connectivity index is 1.23. The summed E-state index contributed by atoms with van der Waals surface area (Å²) in [6.07, 6.45) is 0. The van der Waals surface area contributed by atoms with Crippen LogP contribution in [0.5, 0.6) is 11.5 Å². The van der Waals surface area contributed by atoms with E-state index in [2.05, 4.69) is 33.5 Å². The Morgan fingerprint density at radius 1 is 1.15 bits per heavy atom. The number of nitrogens with one attached hydrogen (secondary N) is 1. The number of hydrogen-bond donors (Lipinski definition) is 1. The third-order valence-electron chi connectivity index (χ3n) is 5.34. The molecule has 0 saturated carbocycles. The molecule has 2 aromatic carbocycles. The Morgan fingerprint density at radius 3 is 2.79 bits per heavy atom. The van der Waals surface area contributed by atoms with Gasteiger partial charge in [0, 0.05) is 23.1 Å². The van der Waals surface area contributed by atoms with Crippen molar-refractivity contribution in [3.05, 3.63) is 53.4 Å². The van der Waals surface area contributed by atoms with E-state index in [0.717, 1.165) is 34.0 Å². The van der Waals surface area contributed by atoms with E-state index in [1.165, 1.54) is 23.1 Å². The predicted octanol–water partition coefficient (Wildman–Crippen LogP) is 4.90. The minimum Gasteiger partial charge on any atom is -0.486 e. The standard InChI is InChI=1S/C24H23N5O3S2/c1-3-29-22(17-7-5-4-6-15(17)2)27-28-24(29)34-14-21(30)26-23-25-18(13-33-23)16-8-9-19-20(12-16)32-11-10-31-19/h4-9,12-13H,3,10-11,14H2,1-2H3,(H,25,26,30). The van der Waals surface area contributed by atoms with Crippen LogP contribution in [0.3, 0.4) is 0 Å². The predicted molar refractivity (Wildman–Crippen MR) is 134 cm³/mol. The molecule has 0 bridgehead atoms. The Labute approximate surface area is 205 Å². The fraction of sp³-hybridized carbons (Fsp3) is 0.250. The molecule has 0 unspecified atom stereocenters. The Hall–Kier alpha value is -3.37. The summed E-state index contributed by atoms with van der Waals surface area (Å²) in [6, 6.07) is 13.8. The van der Waals surface area contributed by atoms with Crippen molar-refractivity contribution in [1.82, 2.24) is 19.7 Å². The van der Waals surface area contributed by atoms with Crippen molar-refractivity contribution < 1.29 is 14.3 Å². The van der Waals surface area contributed by atoms with Gasteiger partial charge < -0.3 is 19.4 Å². The number of carbonyl (C=O) groups is 1. The monoisotopic (exact) mass is 493 g/mol. The summed E-state index contributed by atoms with van der Waals surface area (Å²) in [5.41, 5.74) is 3.87. The zero-order valence-electron chi connectivity index (χ0n) is 18.8. The molecule has 0 fully saturated rings. The second-order valence-corrected chi connectivity index (χ2v) is 9.40. The van der Waals surface area contributed by atoms with E-state index in [9.17, 15) is 4.79 Å². The topological polar surface area (TPSA) is 91.2 Å². The van der Waals surface area contributed by atoms with Gasteiger partial charge in [0.05, 0.1) is 11.4 Å². The molecule has 2 aromatic heterocycles. The van der Waals surface area contributed by atoms with Crippen molar-refractivity contribution in [2.24, 2.45) is 0 Å². The van der Waals surface area contributed by atoms with Gasteiger partial charge in [-0.05, 0) is 37.6 Å². The number of thioether (sulfide) groups is 1. The van der Waals surface area contributed by atoms with Crippen LogP contribution in [-0.2, 0) is 11.3 Å². The lowest BCUT2D eigenvalue weighted by Crippen LogP contribution is -2.15. The number of carbonyl (C=O) groups excluding carboxylic acids is 1. The zero-order chi connectivity index (χ0) is 23.5. The third-order valence-corrected chi connectivity index (χ3v) is 7.06. The Morgan fingerprint density at radius 2 is 1.97 bits per heavy atom. The van der Waals surface area contributed by atoms with Crippen LogP contribution in [0.2, 0.25) is 0 Å². The van der Waals surface area contributed by atoms with Gasteiger partial charge in [-0.15, -0.1) is 21.5 Å². The average Bonchev–Trinajstić information content (AvgIpc) is 3.49. The lowest BCUT2D eigenvalue weighted by atomic mass is 10.1. The van der Waals surface area contributed by atoms with Crippen LogP contribution >= 0.6 is 23.1 Å². The maximum atomic E-state index is 12.6. The van der Waals surface area contributed by atoms with Crippen molar-refractivity contribution in [2.75, 3.05) is 24.3 Å². The highest BCUT2D eigenvalue weighted by Crippen LogP contribution is 2.35. The summed E-state index contributed by atoms with van der Waals surface area (Å²) in [7, 11) is 0. The number of aryl methyl sites for hydroxylation is 1. The summed E-state index contributed by atoms with van der Waals surface area (Å²) in [5, 5.41) is 14.8. The molecule has 5 rings (SSSR count). The second-order valence-electron chi connectivity index (χ2n) is 7.60. The first kappa shape index (κ1) is 22.4. The summed E-state index contributed by atoms with van der Waals surface area (Å²) in [5.74, 6) is 2.33. The highest BCUT2D eigenvalue weighted by Gasteiger charge is 2.17. The van der Waals surface area contributed by atoms with Crippen molar-refractivity contribution in [3.63, 3.8) is 0 Å². The number of hydrogen-bond acceptors (Lipinski definition) is 8. The summed E-state index contributed by atoms with van der Waals surface area (Å²) >= 11 is 2.75. The van der Waals surface area contributed by atoms with Gasteiger partial charge >= 0.3 is 0 Å². The molecule has 1 amide bonds.